The van der Waals surface area contributed by atoms with Crippen molar-refractivity contribution in [3.05, 3.63) is 36.2 Å². The highest BCUT2D eigenvalue weighted by atomic mass is 19.3. The lowest BCUT2D eigenvalue weighted by molar-refractivity contribution is -0.114. The van der Waals surface area contributed by atoms with Crippen molar-refractivity contribution in [2.45, 2.75) is 38.7 Å². The molecule has 0 saturated carbocycles. The van der Waals surface area contributed by atoms with Gasteiger partial charge in [-0.3, -0.25) is 4.79 Å². The summed E-state index contributed by atoms with van der Waals surface area (Å²) in [5.41, 5.74) is 0.277. The minimum absolute atomic E-state index is 0.208. The maximum Gasteiger partial charge on any atom is 0.287 e. The van der Waals surface area contributed by atoms with E-state index in [-0.39, 0.29) is 23.5 Å². The van der Waals surface area contributed by atoms with Gasteiger partial charge in [0, 0.05) is 46.3 Å². The van der Waals surface area contributed by atoms with E-state index in [1.165, 1.54) is 23.7 Å². The molecule has 10 heteroatoms. The molecule has 0 aliphatic carbocycles. The van der Waals surface area contributed by atoms with E-state index in [9.17, 15) is 13.6 Å². The smallest absolute Gasteiger partial charge is 0.287 e. The van der Waals surface area contributed by atoms with Gasteiger partial charge in [0.05, 0.1) is 17.0 Å². The quantitative estimate of drug-likeness (QED) is 0.667. The first-order chi connectivity index (χ1) is 14.8. The fourth-order valence-electron chi connectivity index (χ4n) is 3.74. The number of ether oxygens (including phenoxy) is 1. The van der Waals surface area contributed by atoms with Crippen molar-refractivity contribution in [1.82, 2.24) is 19.7 Å². The molecule has 4 heterocycles. The zero-order chi connectivity index (χ0) is 22.2. The number of alkyl halides is 2. The van der Waals surface area contributed by atoms with Crippen LogP contribution in [0.3, 0.4) is 0 Å². The zero-order valence-electron chi connectivity index (χ0n) is 17.6. The number of halogens is 2. The fourth-order valence-corrected chi connectivity index (χ4v) is 3.74. The van der Waals surface area contributed by atoms with Gasteiger partial charge in [0.2, 0.25) is 5.91 Å². The summed E-state index contributed by atoms with van der Waals surface area (Å²) in [6, 6.07) is 6.12. The molecule has 4 rings (SSSR count). The van der Waals surface area contributed by atoms with E-state index in [1.54, 1.807) is 25.4 Å². The first kappa shape index (κ1) is 21.1. The second-order valence-electron chi connectivity index (χ2n) is 7.69. The number of pyridine rings is 2. The van der Waals surface area contributed by atoms with E-state index in [1.807, 2.05) is 0 Å². The third-order valence-electron chi connectivity index (χ3n) is 5.33. The highest BCUT2D eigenvalue weighted by Crippen LogP contribution is 2.32. The first-order valence-corrected chi connectivity index (χ1v) is 10.1. The molecule has 1 saturated heterocycles. The highest BCUT2D eigenvalue weighted by molar-refractivity contribution is 5.95. The monoisotopic (exact) mass is 430 g/mol. The number of nitrogens with one attached hydrogen (secondary N) is 1. The lowest BCUT2D eigenvalue weighted by atomic mass is 10.1. The Labute approximate surface area is 178 Å². The van der Waals surface area contributed by atoms with Gasteiger partial charge in [-0.2, -0.15) is 8.78 Å². The van der Waals surface area contributed by atoms with Crippen LogP contribution in [0.5, 0.6) is 0 Å². The Balaban J connectivity index is 1.83. The number of carbonyl (C=O) groups is 1. The number of aromatic nitrogens is 4. The Hall–Kier alpha value is -3.14. The molecule has 1 N–H and O–H groups in total. The van der Waals surface area contributed by atoms with Gasteiger partial charge in [0.1, 0.15) is 11.5 Å². The maximum absolute atomic E-state index is 13.9. The van der Waals surface area contributed by atoms with Gasteiger partial charge in [0.25, 0.3) is 5.92 Å². The van der Waals surface area contributed by atoms with Crippen molar-refractivity contribution in [3.63, 3.8) is 0 Å². The summed E-state index contributed by atoms with van der Waals surface area (Å²) in [6.07, 6.45) is 3.56. The molecule has 3 aromatic rings. The number of fused-ring (bicyclic) bond motifs is 1. The van der Waals surface area contributed by atoms with Crippen LogP contribution in [0.15, 0.2) is 30.5 Å². The van der Waals surface area contributed by atoms with Gasteiger partial charge >= 0.3 is 0 Å². The van der Waals surface area contributed by atoms with E-state index in [0.29, 0.717) is 17.2 Å². The highest BCUT2D eigenvalue weighted by Gasteiger charge is 2.28. The Morgan fingerprint density at radius 1 is 1.29 bits per heavy atom. The zero-order valence-corrected chi connectivity index (χ0v) is 17.6. The predicted molar refractivity (Wildman–Crippen MR) is 113 cm³/mol. The molecule has 0 unspecified atom stereocenters. The van der Waals surface area contributed by atoms with Crippen molar-refractivity contribution in [3.8, 4) is 5.82 Å². The summed E-state index contributed by atoms with van der Waals surface area (Å²) < 4.78 is 34.7. The van der Waals surface area contributed by atoms with Gasteiger partial charge in [-0.15, -0.1) is 5.10 Å². The standard InChI is InChI=1S/C21H24F2N6O2/c1-13(30)25-18-11-16-15(12-24-18)20(28-9-7-14(31-3)8-10-28)27-29(16)19-6-4-5-17(26-19)21(2,22)23/h4-6,11-12,14H,7-10H2,1-3H3,(H,24,25,30). The predicted octanol–water partition coefficient (Wildman–Crippen LogP) is 3.50. The van der Waals surface area contributed by atoms with Crippen LogP contribution in [0.2, 0.25) is 0 Å². The topological polar surface area (TPSA) is 85.2 Å². The molecule has 1 aliphatic heterocycles. The molecular formula is C21H24F2N6O2. The third-order valence-corrected chi connectivity index (χ3v) is 5.33. The van der Waals surface area contributed by atoms with Crippen molar-refractivity contribution in [2.24, 2.45) is 0 Å². The molecular weight excluding hydrogens is 406 g/mol. The van der Waals surface area contributed by atoms with Crippen LogP contribution in [0, 0.1) is 0 Å². The second kappa shape index (κ2) is 8.18. The Morgan fingerprint density at radius 2 is 2.03 bits per heavy atom. The van der Waals surface area contributed by atoms with Crippen LogP contribution < -0.4 is 10.2 Å². The van der Waals surface area contributed by atoms with E-state index in [2.05, 4.69) is 20.2 Å². The molecule has 0 atom stereocenters. The van der Waals surface area contributed by atoms with Crippen molar-refractivity contribution in [1.29, 1.82) is 0 Å². The summed E-state index contributed by atoms with van der Waals surface area (Å²) in [4.78, 5) is 22.1. The average Bonchev–Trinajstić information content (AvgIpc) is 3.12. The fraction of sp³-hybridized carbons (Fsp3) is 0.429. The lowest BCUT2D eigenvalue weighted by Crippen LogP contribution is -2.37. The number of anilines is 2. The Bertz CT molecular complexity index is 1100. The van der Waals surface area contributed by atoms with Crippen LogP contribution in [-0.2, 0) is 15.5 Å². The van der Waals surface area contributed by atoms with Crippen LogP contribution in [0.1, 0.15) is 32.4 Å². The number of methoxy groups -OCH3 is 1. The van der Waals surface area contributed by atoms with Crippen LogP contribution in [0.25, 0.3) is 16.7 Å². The third kappa shape index (κ3) is 4.34. The van der Waals surface area contributed by atoms with Crippen molar-refractivity contribution >= 4 is 28.4 Å². The van der Waals surface area contributed by atoms with Crippen LogP contribution in [0.4, 0.5) is 20.4 Å². The lowest BCUT2D eigenvalue weighted by Gasteiger charge is -2.31. The van der Waals surface area contributed by atoms with Gasteiger partial charge in [-0.1, -0.05) is 6.07 Å². The molecule has 1 aliphatic rings. The summed E-state index contributed by atoms with van der Waals surface area (Å²) in [5, 5.41) is 8.12. The van der Waals surface area contributed by atoms with Crippen molar-refractivity contribution < 1.29 is 18.3 Å². The number of hydrogen-bond acceptors (Lipinski definition) is 6. The molecule has 0 spiro atoms. The van der Waals surface area contributed by atoms with E-state index >= 15 is 0 Å². The molecule has 3 aromatic heterocycles. The molecule has 8 nitrogen and oxygen atoms in total. The molecule has 0 aromatic carbocycles. The molecule has 1 amide bonds. The van der Waals surface area contributed by atoms with Gasteiger partial charge in [-0.25, -0.2) is 14.6 Å². The minimum atomic E-state index is -3.08. The molecule has 164 valence electrons. The van der Waals surface area contributed by atoms with Gasteiger partial charge in [-0.05, 0) is 25.0 Å². The molecule has 0 radical (unpaired) electrons. The summed E-state index contributed by atoms with van der Waals surface area (Å²) in [6.45, 7) is 3.70. The summed E-state index contributed by atoms with van der Waals surface area (Å²) in [7, 11) is 1.71. The number of nitrogens with zero attached hydrogens (tertiary/aromatic N) is 5. The Morgan fingerprint density at radius 3 is 2.68 bits per heavy atom. The van der Waals surface area contributed by atoms with Gasteiger partial charge in [0.15, 0.2) is 11.6 Å². The normalized spacial score (nSPS) is 15.5. The number of piperidine rings is 1. The van der Waals surface area contributed by atoms with E-state index in [0.717, 1.165) is 38.2 Å². The minimum Gasteiger partial charge on any atom is -0.381 e. The Kier molecular flexibility index (Phi) is 5.57. The summed E-state index contributed by atoms with van der Waals surface area (Å²) >= 11 is 0. The van der Waals surface area contributed by atoms with Gasteiger partial charge < -0.3 is 15.0 Å². The van der Waals surface area contributed by atoms with E-state index in [4.69, 9.17) is 9.84 Å². The second-order valence-corrected chi connectivity index (χ2v) is 7.69. The van der Waals surface area contributed by atoms with Crippen LogP contribution in [-0.4, -0.2) is 52.0 Å². The summed E-state index contributed by atoms with van der Waals surface area (Å²) in [5.74, 6) is -2.02. The molecule has 31 heavy (non-hydrogen) atoms. The average molecular weight is 430 g/mol. The SMILES string of the molecule is COC1CCN(c2nn(-c3cccc(C(C)(F)F)n3)c3cc(NC(C)=O)ncc23)CC1. The van der Waals surface area contributed by atoms with Crippen LogP contribution >= 0.6 is 0 Å². The first-order valence-electron chi connectivity index (χ1n) is 10.1. The van der Waals surface area contributed by atoms with E-state index < -0.39 is 5.92 Å². The number of hydrogen-bond donors (Lipinski definition) is 1. The number of rotatable bonds is 5. The molecule has 1 fully saturated rings. The molecule has 0 bridgehead atoms. The maximum atomic E-state index is 13.9. The number of carbonyl (C=O) groups excluding carboxylic acids is 1. The van der Waals surface area contributed by atoms with Crippen molar-refractivity contribution in [2.75, 3.05) is 30.4 Å². The number of amides is 1. The largest absolute Gasteiger partial charge is 0.381 e.